The molecule has 0 unspecified atom stereocenters. The lowest BCUT2D eigenvalue weighted by atomic mass is 10.2. The lowest BCUT2D eigenvalue weighted by Gasteiger charge is -2.10. The van der Waals surface area contributed by atoms with Crippen molar-refractivity contribution in [2.45, 2.75) is 19.8 Å². The number of rotatable bonds is 5. The van der Waals surface area contributed by atoms with Gasteiger partial charge in [0.15, 0.2) is 0 Å². The third kappa shape index (κ3) is 2.91. The zero-order valence-electron chi connectivity index (χ0n) is 9.68. The zero-order valence-corrected chi connectivity index (χ0v) is 10.5. The first-order chi connectivity index (χ1) is 8.31. The van der Waals surface area contributed by atoms with Crippen LogP contribution in [0.25, 0.3) is 0 Å². The van der Waals surface area contributed by atoms with Crippen molar-refractivity contribution in [3.8, 4) is 0 Å². The van der Waals surface area contributed by atoms with Gasteiger partial charge in [0.1, 0.15) is 18.0 Å². The van der Waals surface area contributed by atoms with Crippen LogP contribution in [0, 0.1) is 0 Å². The van der Waals surface area contributed by atoms with E-state index in [0.29, 0.717) is 5.82 Å². The van der Waals surface area contributed by atoms with Gasteiger partial charge in [-0.2, -0.15) is 0 Å². The topological polar surface area (TPSA) is 76.7 Å². The number of nitrogens with two attached hydrogens (primary N) is 1. The number of nitrogens with zero attached hydrogens (tertiary/aromatic N) is 3. The Kier molecular flexibility index (Phi) is 3.87. The van der Waals surface area contributed by atoms with E-state index in [9.17, 15) is 0 Å². The van der Waals surface area contributed by atoms with Gasteiger partial charge in [-0.25, -0.2) is 15.0 Å². The number of nitrogen functional groups attached to an aromatic ring is 1. The van der Waals surface area contributed by atoms with Crippen molar-refractivity contribution in [3.05, 3.63) is 28.5 Å². The van der Waals surface area contributed by atoms with E-state index in [0.717, 1.165) is 35.8 Å². The fourth-order valence-corrected chi connectivity index (χ4v) is 2.21. The highest BCUT2D eigenvalue weighted by atomic mass is 32.1. The summed E-state index contributed by atoms with van der Waals surface area (Å²) >= 11 is 1.66. The molecule has 0 atom stereocenters. The van der Waals surface area contributed by atoms with Crippen LogP contribution >= 0.6 is 11.3 Å². The highest BCUT2D eigenvalue weighted by Crippen LogP contribution is 2.17. The van der Waals surface area contributed by atoms with E-state index in [-0.39, 0.29) is 0 Å². The van der Waals surface area contributed by atoms with E-state index in [1.54, 1.807) is 11.3 Å². The third-order valence-corrected chi connectivity index (χ3v) is 3.29. The van der Waals surface area contributed by atoms with Crippen LogP contribution in [-0.4, -0.2) is 21.5 Å². The molecule has 5 nitrogen and oxygen atoms in total. The van der Waals surface area contributed by atoms with Crippen LogP contribution in [0.1, 0.15) is 17.5 Å². The average Bonchev–Trinajstić information content (AvgIpc) is 2.82. The molecular formula is C11H15N5S. The molecule has 2 aromatic heterocycles. The smallest absolute Gasteiger partial charge is 0.134 e. The van der Waals surface area contributed by atoms with Gasteiger partial charge in [0.05, 0.1) is 5.01 Å². The third-order valence-electron chi connectivity index (χ3n) is 2.45. The summed E-state index contributed by atoms with van der Waals surface area (Å²) in [6, 6.07) is 0. The number of anilines is 2. The average molecular weight is 249 g/mol. The van der Waals surface area contributed by atoms with Crippen LogP contribution in [0.4, 0.5) is 11.6 Å². The Hall–Kier alpha value is -1.69. The second-order valence-electron chi connectivity index (χ2n) is 3.54. The minimum atomic E-state index is 0.555. The Morgan fingerprint density at radius 2 is 2.24 bits per heavy atom. The summed E-state index contributed by atoms with van der Waals surface area (Å²) < 4.78 is 0. The molecule has 0 amide bonds. The molecule has 90 valence electrons. The van der Waals surface area contributed by atoms with Crippen molar-refractivity contribution in [1.29, 1.82) is 0 Å². The fraction of sp³-hybridized carbons (Fsp3) is 0.364. The number of hydrogen-bond donors (Lipinski definition) is 2. The lowest BCUT2D eigenvalue weighted by molar-refractivity contribution is 0.965. The predicted octanol–water partition coefficient (Wildman–Crippen LogP) is 1.73. The van der Waals surface area contributed by atoms with Crippen molar-refractivity contribution < 1.29 is 0 Å². The summed E-state index contributed by atoms with van der Waals surface area (Å²) in [6.07, 6.45) is 5.03. The maximum absolute atomic E-state index is 5.80. The molecule has 0 saturated heterocycles. The Labute approximate surface area is 104 Å². The molecule has 2 heterocycles. The maximum Gasteiger partial charge on any atom is 0.134 e. The summed E-state index contributed by atoms with van der Waals surface area (Å²) in [5.41, 5.74) is 6.78. The summed E-state index contributed by atoms with van der Waals surface area (Å²) in [5.74, 6) is 1.39. The van der Waals surface area contributed by atoms with Gasteiger partial charge in [-0.3, -0.25) is 0 Å². The molecule has 0 radical (unpaired) electrons. The first-order valence-corrected chi connectivity index (χ1v) is 6.40. The van der Waals surface area contributed by atoms with Crippen molar-refractivity contribution in [2.75, 3.05) is 17.6 Å². The molecule has 2 rings (SSSR count). The number of aromatic nitrogens is 3. The molecule has 0 aromatic carbocycles. The first kappa shape index (κ1) is 11.8. The summed E-state index contributed by atoms with van der Waals surface area (Å²) in [5, 5.41) is 6.38. The minimum absolute atomic E-state index is 0.555. The fourth-order valence-electron chi connectivity index (χ4n) is 1.59. The Balaban J connectivity index is 1.97. The Bertz CT molecular complexity index is 469. The minimum Gasteiger partial charge on any atom is -0.383 e. The lowest BCUT2D eigenvalue weighted by Crippen LogP contribution is -2.10. The quantitative estimate of drug-likeness (QED) is 0.844. The highest BCUT2D eigenvalue weighted by Gasteiger charge is 2.06. The van der Waals surface area contributed by atoms with Crippen molar-refractivity contribution in [2.24, 2.45) is 0 Å². The molecular weight excluding hydrogens is 234 g/mol. The summed E-state index contributed by atoms with van der Waals surface area (Å²) in [6.45, 7) is 2.85. The second kappa shape index (κ2) is 5.58. The number of nitrogens with one attached hydrogen (secondary N) is 1. The van der Waals surface area contributed by atoms with Gasteiger partial charge < -0.3 is 11.1 Å². The van der Waals surface area contributed by atoms with E-state index in [4.69, 9.17) is 5.73 Å². The molecule has 0 aliphatic carbocycles. The summed E-state index contributed by atoms with van der Waals surface area (Å²) in [7, 11) is 0. The molecule has 2 aromatic rings. The van der Waals surface area contributed by atoms with Gasteiger partial charge in [0, 0.05) is 30.1 Å². The van der Waals surface area contributed by atoms with Gasteiger partial charge in [-0.05, 0) is 6.42 Å². The van der Waals surface area contributed by atoms with Crippen LogP contribution in [0.15, 0.2) is 17.9 Å². The molecule has 0 aliphatic heterocycles. The van der Waals surface area contributed by atoms with E-state index in [2.05, 4.69) is 20.3 Å². The van der Waals surface area contributed by atoms with Gasteiger partial charge >= 0.3 is 0 Å². The molecule has 0 saturated carbocycles. The monoisotopic (exact) mass is 249 g/mol. The number of thiazole rings is 1. The van der Waals surface area contributed by atoms with E-state index in [1.807, 2.05) is 18.5 Å². The molecule has 0 spiro atoms. The SMILES string of the molecule is CCc1c(N)ncnc1NCCc1nccs1. The van der Waals surface area contributed by atoms with Crippen LogP contribution in [-0.2, 0) is 12.8 Å². The van der Waals surface area contributed by atoms with Gasteiger partial charge in [0.25, 0.3) is 0 Å². The van der Waals surface area contributed by atoms with E-state index < -0.39 is 0 Å². The van der Waals surface area contributed by atoms with Crippen molar-refractivity contribution in [3.63, 3.8) is 0 Å². The molecule has 17 heavy (non-hydrogen) atoms. The van der Waals surface area contributed by atoms with Crippen LogP contribution in [0.5, 0.6) is 0 Å². The van der Waals surface area contributed by atoms with E-state index in [1.165, 1.54) is 6.33 Å². The molecule has 0 bridgehead atoms. The van der Waals surface area contributed by atoms with Crippen LogP contribution in [0.2, 0.25) is 0 Å². The van der Waals surface area contributed by atoms with Crippen LogP contribution in [0.3, 0.4) is 0 Å². The van der Waals surface area contributed by atoms with Crippen molar-refractivity contribution >= 4 is 23.0 Å². The Morgan fingerprint density at radius 3 is 2.94 bits per heavy atom. The van der Waals surface area contributed by atoms with Gasteiger partial charge in [-0.15, -0.1) is 11.3 Å². The second-order valence-corrected chi connectivity index (χ2v) is 4.52. The summed E-state index contributed by atoms with van der Waals surface area (Å²) in [4.78, 5) is 12.4. The molecule has 0 aliphatic rings. The molecule has 0 fully saturated rings. The zero-order chi connectivity index (χ0) is 12.1. The standard InChI is InChI=1S/C11H15N5S/c1-2-8-10(12)15-7-16-11(8)14-4-3-9-13-5-6-17-9/h5-7H,2-4H2,1H3,(H3,12,14,15,16). The van der Waals surface area contributed by atoms with E-state index >= 15 is 0 Å². The van der Waals surface area contributed by atoms with Crippen LogP contribution < -0.4 is 11.1 Å². The molecule has 6 heteroatoms. The molecule has 3 N–H and O–H groups in total. The predicted molar refractivity (Wildman–Crippen MR) is 70.1 cm³/mol. The Morgan fingerprint density at radius 1 is 1.35 bits per heavy atom. The van der Waals surface area contributed by atoms with Gasteiger partial charge in [0.2, 0.25) is 0 Å². The normalized spacial score (nSPS) is 10.4. The largest absolute Gasteiger partial charge is 0.383 e. The first-order valence-electron chi connectivity index (χ1n) is 5.53. The maximum atomic E-state index is 5.80. The van der Waals surface area contributed by atoms with Crippen molar-refractivity contribution in [1.82, 2.24) is 15.0 Å². The highest BCUT2D eigenvalue weighted by molar-refractivity contribution is 7.09. The van der Waals surface area contributed by atoms with Gasteiger partial charge in [-0.1, -0.05) is 6.92 Å². The number of hydrogen-bond acceptors (Lipinski definition) is 6.